The zero-order valence-corrected chi connectivity index (χ0v) is 16.9. The SMILES string of the molecule is C=CCN1C(=O)NC(=O)C(C(CC)=NC2CC[NH+](Cc3ccccc3)CC2)C1=O. The molecule has 1 unspecified atom stereocenters. The van der Waals surface area contributed by atoms with E-state index in [0.717, 1.165) is 37.4 Å². The molecule has 4 amide bonds. The number of quaternary nitrogens is 1. The summed E-state index contributed by atoms with van der Waals surface area (Å²) in [6.45, 7) is 8.55. The van der Waals surface area contributed by atoms with E-state index in [4.69, 9.17) is 4.99 Å². The van der Waals surface area contributed by atoms with Crippen LogP contribution in [0.2, 0.25) is 0 Å². The molecule has 3 rings (SSSR count). The second-order valence-corrected chi connectivity index (χ2v) is 7.58. The Hall–Kier alpha value is -2.80. The fourth-order valence-corrected chi connectivity index (χ4v) is 4.01. The second kappa shape index (κ2) is 9.60. The van der Waals surface area contributed by atoms with E-state index in [9.17, 15) is 14.4 Å². The highest BCUT2D eigenvalue weighted by molar-refractivity contribution is 6.27. The van der Waals surface area contributed by atoms with Crippen LogP contribution in [0.5, 0.6) is 0 Å². The van der Waals surface area contributed by atoms with Crippen molar-refractivity contribution in [2.24, 2.45) is 10.9 Å². The van der Waals surface area contributed by atoms with Gasteiger partial charge in [-0.2, -0.15) is 0 Å². The van der Waals surface area contributed by atoms with Crippen LogP contribution in [0, 0.1) is 5.92 Å². The lowest BCUT2D eigenvalue weighted by Gasteiger charge is -2.31. The summed E-state index contributed by atoms with van der Waals surface area (Å²) in [7, 11) is 0. The molecule has 2 aliphatic rings. The number of nitrogens with zero attached hydrogens (tertiary/aromatic N) is 2. The molecule has 2 aliphatic heterocycles. The minimum absolute atomic E-state index is 0.0761. The Kier molecular flexibility index (Phi) is 6.93. The standard InChI is InChI=1S/C22H28N4O3/c1-3-12-26-21(28)19(20(27)24-22(26)29)18(4-2)23-17-10-13-25(14-11-17)15-16-8-6-5-7-9-16/h3,5-9,17,19H,1,4,10-15H2,2H3,(H,24,27,29)/p+1. The molecule has 2 heterocycles. The molecular weight excluding hydrogens is 368 g/mol. The number of carbonyl (C=O) groups excluding carboxylic acids is 3. The van der Waals surface area contributed by atoms with E-state index in [2.05, 4.69) is 36.2 Å². The molecule has 2 N–H and O–H groups in total. The molecule has 2 saturated heterocycles. The molecule has 0 aliphatic carbocycles. The van der Waals surface area contributed by atoms with Crippen LogP contribution in [-0.2, 0) is 16.1 Å². The third kappa shape index (κ3) is 4.98. The predicted molar refractivity (Wildman–Crippen MR) is 111 cm³/mol. The zero-order chi connectivity index (χ0) is 20.8. The highest BCUT2D eigenvalue weighted by Gasteiger charge is 2.42. The summed E-state index contributed by atoms with van der Waals surface area (Å²) in [6.07, 6.45) is 3.81. The van der Waals surface area contributed by atoms with Gasteiger partial charge in [-0.15, -0.1) is 6.58 Å². The summed E-state index contributed by atoms with van der Waals surface area (Å²) in [6, 6.07) is 9.86. The first-order valence-electron chi connectivity index (χ1n) is 10.2. The van der Waals surface area contributed by atoms with Gasteiger partial charge < -0.3 is 4.90 Å². The number of amides is 4. The summed E-state index contributed by atoms with van der Waals surface area (Å²) in [5.41, 5.74) is 1.89. The summed E-state index contributed by atoms with van der Waals surface area (Å²) in [5.74, 6) is -2.10. The van der Waals surface area contributed by atoms with Crippen molar-refractivity contribution < 1.29 is 19.3 Å². The van der Waals surface area contributed by atoms with Gasteiger partial charge in [-0.1, -0.05) is 43.3 Å². The van der Waals surface area contributed by atoms with Crippen molar-refractivity contribution in [2.45, 2.75) is 38.8 Å². The van der Waals surface area contributed by atoms with Gasteiger partial charge in [0, 0.05) is 30.7 Å². The fraction of sp³-hybridized carbons (Fsp3) is 0.455. The third-order valence-corrected chi connectivity index (χ3v) is 5.57. The van der Waals surface area contributed by atoms with E-state index in [-0.39, 0.29) is 12.6 Å². The Morgan fingerprint density at radius 3 is 2.55 bits per heavy atom. The average molecular weight is 397 g/mol. The number of hydrogen-bond acceptors (Lipinski definition) is 4. The Morgan fingerprint density at radius 1 is 1.24 bits per heavy atom. The van der Waals surface area contributed by atoms with Crippen LogP contribution in [0.4, 0.5) is 4.79 Å². The van der Waals surface area contributed by atoms with Crippen molar-refractivity contribution in [2.75, 3.05) is 19.6 Å². The summed E-state index contributed by atoms with van der Waals surface area (Å²) < 4.78 is 0. The molecule has 7 nitrogen and oxygen atoms in total. The summed E-state index contributed by atoms with van der Waals surface area (Å²) >= 11 is 0. The van der Waals surface area contributed by atoms with E-state index in [1.54, 1.807) is 0 Å². The maximum atomic E-state index is 12.7. The number of imide groups is 2. The number of aliphatic imine (C=N–C) groups is 1. The highest BCUT2D eigenvalue weighted by atomic mass is 16.2. The lowest BCUT2D eigenvalue weighted by Crippen LogP contribution is -3.12. The number of rotatable bonds is 7. The Balaban J connectivity index is 1.65. The Bertz CT molecular complexity index is 798. The molecule has 7 heteroatoms. The highest BCUT2D eigenvalue weighted by Crippen LogP contribution is 2.17. The molecule has 0 bridgehead atoms. The van der Waals surface area contributed by atoms with Crippen molar-refractivity contribution >= 4 is 23.6 Å². The van der Waals surface area contributed by atoms with Crippen LogP contribution < -0.4 is 10.2 Å². The van der Waals surface area contributed by atoms with Crippen molar-refractivity contribution in [3.05, 3.63) is 48.6 Å². The smallest absolute Gasteiger partial charge is 0.331 e. The maximum Gasteiger partial charge on any atom is 0.331 e. The van der Waals surface area contributed by atoms with Crippen LogP contribution in [-0.4, -0.2) is 54.1 Å². The van der Waals surface area contributed by atoms with Crippen molar-refractivity contribution in [3.63, 3.8) is 0 Å². The molecular formula is C22H29N4O3+. The second-order valence-electron chi connectivity index (χ2n) is 7.58. The van der Waals surface area contributed by atoms with Crippen molar-refractivity contribution in [3.8, 4) is 0 Å². The first-order valence-corrected chi connectivity index (χ1v) is 10.2. The van der Waals surface area contributed by atoms with Gasteiger partial charge in [0.25, 0.3) is 0 Å². The van der Waals surface area contributed by atoms with Crippen LogP contribution >= 0.6 is 0 Å². The molecule has 1 aromatic rings. The molecule has 154 valence electrons. The lowest BCUT2D eigenvalue weighted by molar-refractivity contribution is -0.918. The summed E-state index contributed by atoms with van der Waals surface area (Å²) in [4.78, 5) is 44.4. The molecule has 1 aromatic carbocycles. The number of benzene rings is 1. The molecule has 0 radical (unpaired) electrons. The van der Waals surface area contributed by atoms with Gasteiger partial charge in [-0.25, -0.2) is 4.79 Å². The zero-order valence-electron chi connectivity index (χ0n) is 16.9. The number of likely N-dealkylation sites (tertiary alicyclic amines) is 1. The molecule has 2 fully saturated rings. The normalized spacial score (nSPS) is 25.7. The number of carbonyl (C=O) groups is 3. The van der Waals surface area contributed by atoms with Crippen molar-refractivity contribution in [1.29, 1.82) is 0 Å². The lowest BCUT2D eigenvalue weighted by atomic mass is 9.95. The summed E-state index contributed by atoms with van der Waals surface area (Å²) in [5, 5.41) is 2.28. The van der Waals surface area contributed by atoms with E-state index in [1.165, 1.54) is 16.5 Å². The fourth-order valence-electron chi connectivity index (χ4n) is 4.01. The van der Waals surface area contributed by atoms with Crippen molar-refractivity contribution in [1.82, 2.24) is 10.2 Å². The number of urea groups is 1. The molecule has 0 saturated carbocycles. The predicted octanol–water partition coefficient (Wildman–Crippen LogP) is 0.966. The number of hydrogen-bond donors (Lipinski definition) is 2. The minimum Gasteiger partial charge on any atom is -0.331 e. The third-order valence-electron chi connectivity index (χ3n) is 5.57. The molecule has 0 aromatic heterocycles. The van der Waals surface area contributed by atoms with Crippen LogP contribution in [0.3, 0.4) is 0 Å². The van der Waals surface area contributed by atoms with E-state index >= 15 is 0 Å². The first kappa shape index (κ1) is 20.9. The van der Waals surface area contributed by atoms with Gasteiger partial charge in [-0.05, 0) is 6.42 Å². The maximum absolute atomic E-state index is 12.7. The van der Waals surface area contributed by atoms with Gasteiger partial charge >= 0.3 is 6.03 Å². The van der Waals surface area contributed by atoms with Gasteiger partial charge in [0.15, 0.2) is 5.92 Å². The van der Waals surface area contributed by atoms with Gasteiger partial charge in [0.05, 0.1) is 19.1 Å². The first-order chi connectivity index (χ1) is 14.0. The number of barbiturate groups is 1. The Morgan fingerprint density at radius 2 is 1.93 bits per heavy atom. The van der Waals surface area contributed by atoms with E-state index in [1.807, 2.05) is 13.0 Å². The minimum atomic E-state index is -1.02. The largest absolute Gasteiger partial charge is 0.331 e. The van der Waals surface area contributed by atoms with Gasteiger partial charge in [0.2, 0.25) is 11.8 Å². The van der Waals surface area contributed by atoms with Crippen LogP contribution in [0.1, 0.15) is 31.7 Å². The van der Waals surface area contributed by atoms with Gasteiger partial charge in [0.1, 0.15) is 6.54 Å². The topological polar surface area (TPSA) is 83.3 Å². The number of piperidine rings is 1. The van der Waals surface area contributed by atoms with Crippen LogP contribution in [0.25, 0.3) is 0 Å². The number of nitrogens with one attached hydrogen (secondary N) is 2. The van der Waals surface area contributed by atoms with Crippen LogP contribution in [0.15, 0.2) is 48.0 Å². The van der Waals surface area contributed by atoms with E-state index < -0.39 is 23.8 Å². The molecule has 29 heavy (non-hydrogen) atoms. The Labute approximate surface area is 171 Å². The molecule has 1 atom stereocenters. The van der Waals surface area contributed by atoms with E-state index in [0.29, 0.717) is 12.1 Å². The van der Waals surface area contributed by atoms with Gasteiger partial charge in [-0.3, -0.25) is 24.8 Å². The quantitative estimate of drug-likeness (QED) is 0.409. The monoisotopic (exact) mass is 397 g/mol. The molecule has 0 spiro atoms. The average Bonchev–Trinajstić information content (AvgIpc) is 2.72.